The highest BCUT2D eigenvalue weighted by molar-refractivity contribution is 7.92. The van der Waals surface area contributed by atoms with E-state index in [2.05, 4.69) is 9.82 Å². The maximum atomic E-state index is 12.6. The first kappa shape index (κ1) is 21.8. The fourth-order valence-corrected chi connectivity index (χ4v) is 3.95. The van der Waals surface area contributed by atoms with Gasteiger partial charge >= 0.3 is 0 Å². The number of hydrogen-bond donors (Lipinski definition) is 2. The van der Waals surface area contributed by atoms with Crippen LogP contribution in [0.4, 0.5) is 11.4 Å². The van der Waals surface area contributed by atoms with Gasteiger partial charge in [-0.15, -0.1) is 0 Å². The van der Waals surface area contributed by atoms with Crippen molar-refractivity contribution in [3.8, 4) is 0 Å². The molecule has 154 valence electrons. The lowest BCUT2D eigenvalue weighted by Gasteiger charge is -2.18. The van der Waals surface area contributed by atoms with E-state index in [1.165, 1.54) is 17.1 Å². The summed E-state index contributed by atoms with van der Waals surface area (Å²) in [5.74, 6) is 0. The molecule has 0 spiro atoms. The molecule has 0 heterocycles. The van der Waals surface area contributed by atoms with E-state index in [-0.39, 0.29) is 10.0 Å². The van der Waals surface area contributed by atoms with Crippen molar-refractivity contribution in [3.05, 3.63) is 89.4 Å². The van der Waals surface area contributed by atoms with Gasteiger partial charge in [0.2, 0.25) is 0 Å². The molecule has 3 rings (SSSR count). The maximum absolute atomic E-state index is 12.6. The van der Waals surface area contributed by atoms with Crippen molar-refractivity contribution in [2.75, 3.05) is 9.73 Å². The van der Waals surface area contributed by atoms with Crippen LogP contribution in [0.25, 0.3) is 0 Å². The van der Waals surface area contributed by atoms with Crippen molar-refractivity contribution >= 4 is 56.0 Å². The third-order valence-electron chi connectivity index (χ3n) is 4.14. The summed E-state index contributed by atoms with van der Waals surface area (Å²) in [6.45, 7) is 1.78. The van der Waals surface area contributed by atoms with Gasteiger partial charge in [-0.1, -0.05) is 41.9 Å². The molecule has 3 aromatic rings. The summed E-state index contributed by atoms with van der Waals surface area (Å²) >= 11 is 11.0. The summed E-state index contributed by atoms with van der Waals surface area (Å²) in [5, 5.41) is 6.56. The molecule has 0 atom stereocenters. The lowest BCUT2D eigenvalue weighted by atomic mass is 10.1. The van der Waals surface area contributed by atoms with Gasteiger partial charge in [0.1, 0.15) is 0 Å². The number of anilines is 2. The highest BCUT2D eigenvalue weighted by Crippen LogP contribution is 2.20. The molecule has 9 heteroatoms. The molecule has 0 aliphatic heterocycles. The number of rotatable bonds is 6. The van der Waals surface area contributed by atoms with E-state index in [9.17, 15) is 8.42 Å². The molecule has 0 aromatic heterocycles. The Labute approximate surface area is 186 Å². The van der Waals surface area contributed by atoms with Gasteiger partial charge in [-0.3, -0.25) is 4.72 Å². The van der Waals surface area contributed by atoms with Crippen LogP contribution in [-0.2, 0) is 10.0 Å². The van der Waals surface area contributed by atoms with Crippen LogP contribution in [0.15, 0.2) is 88.9 Å². The van der Waals surface area contributed by atoms with E-state index in [1.54, 1.807) is 67.6 Å². The quantitative estimate of drug-likeness (QED) is 0.320. The SMILES string of the molecule is C/C(=N\N(C(N)=S)c1ccc(Cl)cc1)c1ccc(S(=O)(=O)Nc2ccccc2)cc1. The second-order valence-electron chi connectivity index (χ2n) is 6.31. The number of hydrogen-bond acceptors (Lipinski definition) is 4. The van der Waals surface area contributed by atoms with Crippen LogP contribution < -0.4 is 15.5 Å². The Morgan fingerprint density at radius 3 is 2.17 bits per heavy atom. The summed E-state index contributed by atoms with van der Waals surface area (Å²) in [6, 6.07) is 22.0. The Balaban J connectivity index is 1.83. The van der Waals surface area contributed by atoms with Gasteiger partial charge in [0.05, 0.1) is 16.3 Å². The van der Waals surface area contributed by atoms with Crippen LogP contribution in [0.1, 0.15) is 12.5 Å². The minimum Gasteiger partial charge on any atom is -0.374 e. The highest BCUT2D eigenvalue weighted by Gasteiger charge is 2.15. The minimum atomic E-state index is -3.69. The average molecular weight is 459 g/mol. The van der Waals surface area contributed by atoms with Gasteiger partial charge in [0, 0.05) is 10.7 Å². The Kier molecular flexibility index (Phi) is 6.71. The van der Waals surface area contributed by atoms with Crippen molar-refractivity contribution in [2.45, 2.75) is 11.8 Å². The summed E-state index contributed by atoms with van der Waals surface area (Å²) in [6.07, 6.45) is 0. The summed E-state index contributed by atoms with van der Waals surface area (Å²) in [5.41, 5.74) is 8.31. The van der Waals surface area contributed by atoms with Gasteiger partial charge in [-0.05, 0) is 73.2 Å². The Hall–Kier alpha value is -2.94. The molecule has 0 radical (unpaired) electrons. The number of nitrogens with two attached hydrogens (primary N) is 1. The lowest BCUT2D eigenvalue weighted by Crippen LogP contribution is -2.31. The Morgan fingerprint density at radius 1 is 1.00 bits per heavy atom. The third-order valence-corrected chi connectivity index (χ3v) is 5.96. The predicted octanol–water partition coefficient (Wildman–Crippen LogP) is 4.62. The standard InChI is InChI=1S/C21H19ClN4O2S2/c1-15(24-26(21(23)29)19-11-9-17(22)10-12-19)16-7-13-20(14-8-16)30(27,28)25-18-5-3-2-4-6-18/h2-14,25H,1H3,(H2,23,29)/b24-15+. The molecule has 3 N–H and O–H groups in total. The van der Waals surface area contributed by atoms with Crippen molar-refractivity contribution in [3.63, 3.8) is 0 Å². The van der Waals surface area contributed by atoms with E-state index in [0.29, 0.717) is 22.1 Å². The summed E-state index contributed by atoms with van der Waals surface area (Å²) in [7, 11) is -3.69. The van der Waals surface area contributed by atoms with Gasteiger partial charge in [-0.25, -0.2) is 13.4 Å². The van der Waals surface area contributed by atoms with Crippen molar-refractivity contribution in [1.82, 2.24) is 0 Å². The zero-order valence-corrected chi connectivity index (χ0v) is 18.4. The molecule has 0 aliphatic carbocycles. The molecule has 6 nitrogen and oxygen atoms in total. The predicted molar refractivity (Wildman–Crippen MR) is 127 cm³/mol. The summed E-state index contributed by atoms with van der Waals surface area (Å²) < 4.78 is 27.7. The van der Waals surface area contributed by atoms with Gasteiger partial charge in [-0.2, -0.15) is 5.10 Å². The molecule has 0 saturated heterocycles. The summed E-state index contributed by atoms with van der Waals surface area (Å²) in [4.78, 5) is 0.145. The van der Waals surface area contributed by atoms with Crippen LogP contribution in [0.3, 0.4) is 0 Å². The number of hydrazone groups is 1. The Bertz CT molecular complexity index is 1160. The molecular formula is C21H19ClN4O2S2. The lowest BCUT2D eigenvalue weighted by molar-refractivity contribution is 0.601. The maximum Gasteiger partial charge on any atom is 0.261 e. The van der Waals surface area contributed by atoms with Gasteiger partial charge < -0.3 is 5.73 Å². The largest absolute Gasteiger partial charge is 0.374 e. The molecule has 0 aliphatic rings. The zero-order valence-electron chi connectivity index (χ0n) is 16.0. The van der Waals surface area contributed by atoms with Crippen molar-refractivity contribution < 1.29 is 8.42 Å². The Morgan fingerprint density at radius 2 is 1.60 bits per heavy atom. The molecule has 3 aromatic carbocycles. The van der Waals surface area contributed by atoms with Crippen molar-refractivity contribution in [2.24, 2.45) is 10.8 Å². The first-order valence-electron chi connectivity index (χ1n) is 8.85. The van der Waals surface area contributed by atoms with Crippen LogP contribution in [0.2, 0.25) is 5.02 Å². The van der Waals surface area contributed by atoms with E-state index in [1.807, 2.05) is 6.07 Å². The number of sulfonamides is 1. The van der Waals surface area contributed by atoms with Crippen molar-refractivity contribution in [1.29, 1.82) is 0 Å². The fourth-order valence-electron chi connectivity index (χ4n) is 2.62. The van der Waals surface area contributed by atoms with E-state index in [0.717, 1.165) is 5.56 Å². The van der Waals surface area contributed by atoms with E-state index >= 15 is 0 Å². The molecule has 0 amide bonds. The second kappa shape index (κ2) is 9.25. The number of nitrogens with zero attached hydrogens (tertiary/aromatic N) is 2. The first-order valence-corrected chi connectivity index (χ1v) is 11.1. The molecule has 0 bridgehead atoms. The van der Waals surface area contributed by atoms with Gasteiger partial charge in [0.15, 0.2) is 5.11 Å². The molecule has 30 heavy (non-hydrogen) atoms. The fraction of sp³-hybridized carbons (Fsp3) is 0.0476. The number of nitrogens with one attached hydrogen (secondary N) is 1. The third kappa shape index (κ3) is 5.35. The van der Waals surface area contributed by atoms with Crippen LogP contribution in [0.5, 0.6) is 0 Å². The van der Waals surface area contributed by atoms with Gasteiger partial charge in [0.25, 0.3) is 10.0 Å². The van der Waals surface area contributed by atoms with Crippen LogP contribution in [-0.4, -0.2) is 19.2 Å². The number of benzene rings is 3. The minimum absolute atomic E-state index is 0.0722. The van der Waals surface area contributed by atoms with E-state index in [4.69, 9.17) is 29.6 Å². The molecule has 0 fully saturated rings. The second-order valence-corrected chi connectivity index (χ2v) is 8.84. The molecular weight excluding hydrogens is 440 g/mol. The number of para-hydroxylation sites is 1. The number of halogens is 1. The van der Waals surface area contributed by atoms with Crippen LogP contribution in [0, 0.1) is 0 Å². The van der Waals surface area contributed by atoms with E-state index < -0.39 is 10.0 Å². The molecule has 0 saturated carbocycles. The topological polar surface area (TPSA) is 87.8 Å². The smallest absolute Gasteiger partial charge is 0.261 e. The number of thiocarbonyl (C=S) groups is 1. The zero-order chi connectivity index (χ0) is 21.7. The first-order chi connectivity index (χ1) is 14.3. The highest BCUT2D eigenvalue weighted by atomic mass is 35.5. The molecule has 0 unspecified atom stereocenters. The van der Waals surface area contributed by atoms with Crippen LogP contribution >= 0.6 is 23.8 Å². The average Bonchev–Trinajstić information content (AvgIpc) is 2.73. The normalized spacial score (nSPS) is 11.7. The monoisotopic (exact) mass is 458 g/mol.